The lowest BCUT2D eigenvalue weighted by molar-refractivity contribution is -0.135. The van der Waals surface area contributed by atoms with Gasteiger partial charge in [-0.3, -0.25) is 9.59 Å². The molecule has 0 atom stereocenters. The summed E-state index contributed by atoms with van der Waals surface area (Å²) in [5.41, 5.74) is 1.54. The molecule has 9 heteroatoms. The second kappa shape index (κ2) is 13.6. The van der Waals surface area contributed by atoms with Gasteiger partial charge in [-0.1, -0.05) is 61.5 Å². The smallest absolute Gasteiger partial charge is 0.253 e. The predicted molar refractivity (Wildman–Crippen MR) is 154 cm³/mol. The number of carbonyl (C=O) groups is 2. The molecule has 1 heterocycles. The third-order valence-corrected chi connectivity index (χ3v) is 9.05. The van der Waals surface area contributed by atoms with E-state index < -0.39 is 10.0 Å². The third-order valence-electron chi connectivity index (χ3n) is 7.19. The van der Waals surface area contributed by atoms with Crippen LogP contribution in [0.3, 0.4) is 0 Å². The molecule has 0 aliphatic carbocycles. The lowest BCUT2D eigenvalue weighted by Gasteiger charge is -2.39. The Hall–Kier alpha value is -3.69. The van der Waals surface area contributed by atoms with E-state index in [4.69, 9.17) is 4.74 Å². The van der Waals surface area contributed by atoms with E-state index in [-0.39, 0.29) is 35.8 Å². The quantitative estimate of drug-likeness (QED) is 0.345. The predicted octanol–water partition coefficient (Wildman–Crippen LogP) is 4.43. The highest BCUT2D eigenvalue weighted by Gasteiger charge is 2.33. The molecule has 1 fully saturated rings. The van der Waals surface area contributed by atoms with Crippen LogP contribution in [0.2, 0.25) is 0 Å². The number of hydrogen-bond donors (Lipinski definition) is 0. The first-order valence-corrected chi connectivity index (χ1v) is 15.1. The number of hydrogen-bond acceptors (Lipinski definition) is 5. The lowest BCUT2D eigenvalue weighted by Crippen LogP contribution is -2.51. The van der Waals surface area contributed by atoms with Gasteiger partial charge in [-0.2, -0.15) is 4.31 Å². The van der Waals surface area contributed by atoms with Crippen LogP contribution in [0, 0.1) is 0 Å². The van der Waals surface area contributed by atoms with Gasteiger partial charge in [0, 0.05) is 37.8 Å². The van der Waals surface area contributed by atoms with Gasteiger partial charge in [-0.15, -0.1) is 0 Å². The van der Waals surface area contributed by atoms with Crippen LogP contribution in [0.15, 0.2) is 89.8 Å². The summed E-state index contributed by atoms with van der Waals surface area (Å²) >= 11 is 0. The second-order valence-corrected chi connectivity index (χ2v) is 11.9. The van der Waals surface area contributed by atoms with Gasteiger partial charge in [0.05, 0.1) is 18.6 Å². The van der Waals surface area contributed by atoms with Crippen LogP contribution in [0.25, 0.3) is 0 Å². The molecule has 0 bridgehead atoms. The fourth-order valence-corrected chi connectivity index (χ4v) is 6.54. The maximum atomic E-state index is 13.8. The normalized spacial score (nSPS) is 14.2. The summed E-state index contributed by atoms with van der Waals surface area (Å²) in [6.45, 7) is 3.28. The van der Waals surface area contributed by atoms with Crippen molar-refractivity contribution >= 4 is 21.8 Å². The number of likely N-dealkylation sites (tertiary alicyclic amines) is 1. The average Bonchev–Trinajstić information content (AvgIpc) is 3.00. The molecular weight excluding hydrogens is 526 g/mol. The van der Waals surface area contributed by atoms with Crippen LogP contribution in [0.1, 0.15) is 42.1 Å². The molecule has 0 radical (unpaired) electrons. The molecule has 0 spiro atoms. The van der Waals surface area contributed by atoms with Crippen molar-refractivity contribution in [2.24, 2.45) is 0 Å². The molecule has 0 N–H and O–H groups in total. The van der Waals surface area contributed by atoms with Gasteiger partial charge < -0.3 is 14.5 Å². The maximum absolute atomic E-state index is 13.8. The first-order chi connectivity index (χ1) is 19.3. The van der Waals surface area contributed by atoms with E-state index >= 15 is 0 Å². The topological polar surface area (TPSA) is 87.2 Å². The summed E-state index contributed by atoms with van der Waals surface area (Å²) in [4.78, 5) is 30.8. The number of rotatable bonds is 11. The molecule has 3 aromatic rings. The van der Waals surface area contributed by atoms with Crippen LogP contribution in [0.5, 0.6) is 5.75 Å². The Morgan fingerprint density at radius 1 is 0.925 bits per heavy atom. The van der Waals surface area contributed by atoms with Crippen LogP contribution in [-0.4, -0.2) is 73.7 Å². The fourth-order valence-electron chi connectivity index (χ4n) is 5.04. The lowest BCUT2D eigenvalue weighted by atomic mass is 10.0. The first-order valence-electron chi connectivity index (χ1n) is 13.7. The van der Waals surface area contributed by atoms with Gasteiger partial charge in [0.15, 0.2) is 0 Å². The Kier molecular flexibility index (Phi) is 9.95. The number of methoxy groups -OCH3 is 1. The summed E-state index contributed by atoms with van der Waals surface area (Å²) in [6, 6.07) is 24.9. The maximum Gasteiger partial charge on any atom is 0.253 e. The molecule has 2 amide bonds. The number of sulfonamides is 1. The van der Waals surface area contributed by atoms with Crippen LogP contribution >= 0.6 is 0 Å². The Morgan fingerprint density at radius 3 is 2.20 bits per heavy atom. The second-order valence-electron chi connectivity index (χ2n) is 9.91. The van der Waals surface area contributed by atoms with Crippen LogP contribution in [-0.2, 0) is 21.4 Å². The number of piperidine rings is 1. The van der Waals surface area contributed by atoms with Crippen molar-refractivity contribution in [3.05, 3.63) is 96.1 Å². The zero-order chi connectivity index (χ0) is 28.5. The minimum Gasteiger partial charge on any atom is -0.497 e. The Labute approximate surface area is 237 Å². The molecule has 1 aliphatic rings. The Morgan fingerprint density at radius 2 is 1.57 bits per heavy atom. The van der Waals surface area contributed by atoms with E-state index in [1.165, 1.54) is 4.31 Å². The van der Waals surface area contributed by atoms with Gasteiger partial charge >= 0.3 is 0 Å². The van der Waals surface area contributed by atoms with Crippen LogP contribution in [0.4, 0.5) is 0 Å². The number of nitrogens with zero attached hydrogens (tertiary/aromatic N) is 3. The highest BCUT2D eigenvalue weighted by Crippen LogP contribution is 2.23. The Bertz CT molecular complexity index is 1370. The van der Waals surface area contributed by atoms with E-state index in [0.29, 0.717) is 50.2 Å². The summed E-state index contributed by atoms with van der Waals surface area (Å²) < 4.78 is 33.4. The zero-order valence-electron chi connectivity index (χ0n) is 23.1. The molecule has 8 nitrogen and oxygen atoms in total. The van der Waals surface area contributed by atoms with Crippen molar-refractivity contribution in [3.63, 3.8) is 0 Å². The average molecular weight is 564 g/mol. The van der Waals surface area contributed by atoms with Gasteiger partial charge in [-0.05, 0) is 55.2 Å². The molecule has 1 saturated heterocycles. The van der Waals surface area contributed by atoms with Gasteiger partial charge in [0.25, 0.3) is 5.91 Å². The van der Waals surface area contributed by atoms with E-state index in [1.807, 2.05) is 37.3 Å². The number of amides is 2. The molecule has 40 heavy (non-hydrogen) atoms. The summed E-state index contributed by atoms with van der Waals surface area (Å²) in [5, 5.41) is 0. The van der Waals surface area contributed by atoms with Crippen molar-refractivity contribution in [1.82, 2.24) is 14.1 Å². The van der Waals surface area contributed by atoms with Crippen molar-refractivity contribution in [1.29, 1.82) is 0 Å². The molecular formula is C31H37N3O5S. The highest BCUT2D eigenvalue weighted by molar-refractivity contribution is 7.89. The van der Waals surface area contributed by atoms with Gasteiger partial charge in [0.2, 0.25) is 15.9 Å². The standard InChI is InChI=1S/C31H37N3O5S/c1-3-19-33(40(37,38)29-15-8-5-9-16-29)24-30(35)34(23-25-11-6-4-7-12-25)27-17-20-32(21-18-27)31(36)26-13-10-14-28(22-26)39-2/h4-16,22,27H,3,17-21,23-24H2,1-2H3. The molecule has 0 saturated carbocycles. The van der Waals surface area contributed by atoms with Crippen molar-refractivity contribution in [3.8, 4) is 5.75 Å². The molecule has 4 rings (SSSR count). The van der Waals surface area contributed by atoms with E-state index in [1.54, 1.807) is 71.5 Å². The zero-order valence-corrected chi connectivity index (χ0v) is 23.9. The molecule has 1 aliphatic heterocycles. The molecule has 0 aromatic heterocycles. The van der Waals surface area contributed by atoms with E-state index in [2.05, 4.69) is 0 Å². The fraction of sp³-hybridized carbons (Fsp3) is 0.355. The Balaban J connectivity index is 1.51. The number of ether oxygens (including phenoxy) is 1. The van der Waals surface area contributed by atoms with Crippen molar-refractivity contribution in [2.45, 2.75) is 43.7 Å². The number of carbonyl (C=O) groups excluding carboxylic acids is 2. The molecule has 212 valence electrons. The van der Waals surface area contributed by atoms with Crippen molar-refractivity contribution < 1.29 is 22.7 Å². The third kappa shape index (κ3) is 7.08. The van der Waals surface area contributed by atoms with Crippen LogP contribution < -0.4 is 4.74 Å². The van der Waals surface area contributed by atoms with E-state index in [0.717, 1.165) is 5.56 Å². The van der Waals surface area contributed by atoms with Gasteiger partial charge in [-0.25, -0.2) is 8.42 Å². The first kappa shape index (κ1) is 29.3. The van der Waals surface area contributed by atoms with E-state index in [9.17, 15) is 18.0 Å². The SMILES string of the molecule is CCCN(CC(=O)N(Cc1ccccc1)C1CCN(C(=O)c2cccc(OC)c2)CC1)S(=O)(=O)c1ccccc1. The minimum absolute atomic E-state index is 0.0682. The molecule has 0 unspecified atom stereocenters. The monoisotopic (exact) mass is 563 g/mol. The largest absolute Gasteiger partial charge is 0.497 e. The molecule has 3 aromatic carbocycles. The summed E-state index contributed by atoms with van der Waals surface area (Å²) in [5.74, 6) is 0.318. The minimum atomic E-state index is -3.83. The summed E-state index contributed by atoms with van der Waals surface area (Å²) in [6.07, 6.45) is 1.80. The number of benzene rings is 3. The summed E-state index contributed by atoms with van der Waals surface area (Å²) in [7, 11) is -2.26. The van der Waals surface area contributed by atoms with Crippen molar-refractivity contribution in [2.75, 3.05) is 33.3 Å². The van der Waals surface area contributed by atoms with Gasteiger partial charge in [0.1, 0.15) is 5.75 Å². The highest BCUT2D eigenvalue weighted by atomic mass is 32.2.